The first-order valence-corrected chi connectivity index (χ1v) is 10.3. The number of hydrogen-bond acceptors (Lipinski definition) is 6. The van der Waals surface area contributed by atoms with Crippen molar-refractivity contribution in [1.29, 1.82) is 0 Å². The van der Waals surface area contributed by atoms with E-state index in [0.717, 1.165) is 12.8 Å². The highest BCUT2D eigenvalue weighted by atomic mass is 32.2. The molecule has 0 radical (unpaired) electrons. The maximum atomic E-state index is 12.9. The molecule has 1 heterocycles. The molecule has 1 aliphatic carbocycles. The standard InChI is InChI=1S/C18H23NO7S/c1-25-16(20)8-10-26-14-4-6-15(7-5-14)27(23,24)19-11-13-3-2-9-18(13,12-19)17(21)22/h4-7,13H,2-3,8-12H2,1H3,(H,21,22)/t13-,18+/m0/s1. The zero-order valence-corrected chi connectivity index (χ0v) is 15.9. The fraction of sp³-hybridized carbons (Fsp3) is 0.556. The second kappa shape index (κ2) is 7.47. The van der Waals surface area contributed by atoms with E-state index in [1.54, 1.807) is 0 Å². The molecule has 1 aromatic rings. The molecule has 1 aromatic carbocycles. The van der Waals surface area contributed by atoms with E-state index in [2.05, 4.69) is 4.74 Å². The molecule has 8 nitrogen and oxygen atoms in total. The maximum absolute atomic E-state index is 12.9. The van der Waals surface area contributed by atoms with Crippen LogP contribution in [0, 0.1) is 11.3 Å². The number of carbonyl (C=O) groups is 2. The van der Waals surface area contributed by atoms with Gasteiger partial charge in [-0.25, -0.2) is 8.42 Å². The first-order valence-electron chi connectivity index (χ1n) is 8.83. The van der Waals surface area contributed by atoms with Crippen LogP contribution in [0.5, 0.6) is 5.75 Å². The first kappa shape index (κ1) is 19.6. The van der Waals surface area contributed by atoms with Crippen molar-refractivity contribution in [3.05, 3.63) is 24.3 Å². The second-order valence-electron chi connectivity index (χ2n) is 6.99. The molecule has 1 N–H and O–H groups in total. The Morgan fingerprint density at radius 1 is 1.30 bits per heavy atom. The molecular formula is C18H23NO7S. The molecule has 0 bridgehead atoms. The lowest BCUT2D eigenvalue weighted by Gasteiger charge is -2.23. The van der Waals surface area contributed by atoms with Crippen LogP contribution in [0.3, 0.4) is 0 Å². The summed E-state index contributed by atoms with van der Waals surface area (Å²) in [4.78, 5) is 22.9. The summed E-state index contributed by atoms with van der Waals surface area (Å²) in [5, 5.41) is 9.63. The molecule has 0 spiro atoms. The van der Waals surface area contributed by atoms with E-state index >= 15 is 0 Å². The van der Waals surface area contributed by atoms with Gasteiger partial charge in [0.05, 0.1) is 30.4 Å². The number of benzene rings is 1. The number of nitrogens with zero attached hydrogens (tertiary/aromatic N) is 1. The molecule has 1 saturated heterocycles. The van der Waals surface area contributed by atoms with E-state index < -0.39 is 21.4 Å². The highest BCUT2D eigenvalue weighted by Crippen LogP contribution is 2.50. The summed E-state index contributed by atoms with van der Waals surface area (Å²) in [6, 6.07) is 5.91. The molecule has 9 heteroatoms. The fourth-order valence-electron chi connectivity index (χ4n) is 3.99. The molecule has 2 fully saturated rings. The Balaban J connectivity index is 1.69. The monoisotopic (exact) mass is 397 g/mol. The van der Waals surface area contributed by atoms with Crippen LogP contribution < -0.4 is 4.74 Å². The quantitative estimate of drug-likeness (QED) is 0.694. The van der Waals surface area contributed by atoms with Crippen molar-refractivity contribution < 1.29 is 32.6 Å². The van der Waals surface area contributed by atoms with E-state index in [-0.39, 0.29) is 42.9 Å². The molecule has 0 amide bonds. The summed E-state index contributed by atoms with van der Waals surface area (Å²) in [6.07, 6.45) is 2.18. The molecule has 2 atom stereocenters. The van der Waals surface area contributed by atoms with Gasteiger partial charge in [0.25, 0.3) is 0 Å². The first-order chi connectivity index (χ1) is 12.8. The zero-order valence-electron chi connectivity index (χ0n) is 15.1. The predicted octanol–water partition coefficient (Wildman–Crippen LogP) is 1.50. The fourth-order valence-corrected chi connectivity index (χ4v) is 5.54. The molecule has 2 aliphatic rings. The molecule has 1 aliphatic heterocycles. The maximum Gasteiger partial charge on any atom is 0.311 e. The van der Waals surface area contributed by atoms with Crippen LogP contribution in [-0.4, -0.2) is 56.6 Å². The summed E-state index contributed by atoms with van der Waals surface area (Å²) >= 11 is 0. The van der Waals surface area contributed by atoms with Crippen LogP contribution in [0.25, 0.3) is 0 Å². The third-order valence-corrected chi connectivity index (χ3v) is 7.36. The predicted molar refractivity (Wildman–Crippen MR) is 94.7 cm³/mol. The Kier molecular flexibility index (Phi) is 5.43. The Hall–Kier alpha value is -2.13. The molecule has 3 rings (SSSR count). The van der Waals surface area contributed by atoms with Crippen LogP contribution in [0.15, 0.2) is 29.2 Å². The summed E-state index contributed by atoms with van der Waals surface area (Å²) in [5.74, 6) is -0.984. The number of hydrogen-bond donors (Lipinski definition) is 1. The summed E-state index contributed by atoms with van der Waals surface area (Å²) in [6.45, 7) is 0.395. The summed E-state index contributed by atoms with van der Waals surface area (Å²) in [7, 11) is -2.47. The Morgan fingerprint density at radius 3 is 2.59 bits per heavy atom. The minimum absolute atomic E-state index is 0.0205. The number of carbonyl (C=O) groups excluding carboxylic acids is 1. The van der Waals surface area contributed by atoms with Crippen molar-refractivity contribution in [2.24, 2.45) is 11.3 Å². The van der Waals surface area contributed by atoms with Gasteiger partial charge in [0, 0.05) is 13.1 Å². The van der Waals surface area contributed by atoms with Gasteiger partial charge in [-0.2, -0.15) is 4.31 Å². The van der Waals surface area contributed by atoms with E-state index in [9.17, 15) is 23.1 Å². The average molecular weight is 397 g/mol. The molecule has 0 unspecified atom stereocenters. The Bertz CT molecular complexity index is 821. The van der Waals surface area contributed by atoms with E-state index in [1.165, 1.54) is 35.7 Å². The van der Waals surface area contributed by atoms with Gasteiger partial charge in [0.15, 0.2) is 0 Å². The highest BCUT2D eigenvalue weighted by Gasteiger charge is 2.57. The van der Waals surface area contributed by atoms with Crippen LogP contribution in [0.4, 0.5) is 0 Å². The lowest BCUT2D eigenvalue weighted by Crippen LogP contribution is -2.37. The Labute approximate surface area is 158 Å². The molecule has 1 saturated carbocycles. The number of sulfonamides is 1. The second-order valence-corrected chi connectivity index (χ2v) is 8.93. The van der Waals surface area contributed by atoms with Gasteiger partial charge < -0.3 is 14.6 Å². The topological polar surface area (TPSA) is 110 Å². The number of esters is 1. The minimum Gasteiger partial charge on any atom is -0.493 e. The average Bonchev–Trinajstić information content (AvgIpc) is 3.21. The van der Waals surface area contributed by atoms with Crippen molar-refractivity contribution in [2.75, 3.05) is 26.8 Å². The van der Waals surface area contributed by atoms with Gasteiger partial charge in [-0.1, -0.05) is 6.42 Å². The number of methoxy groups -OCH3 is 1. The van der Waals surface area contributed by atoms with E-state index in [4.69, 9.17) is 4.74 Å². The van der Waals surface area contributed by atoms with Crippen molar-refractivity contribution in [3.63, 3.8) is 0 Å². The van der Waals surface area contributed by atoms with Gasteiger partial charge in [0.2, 0.25) is 10.0 Å². The number of fused-ring (bicyclic) bond motifs is 1. The number of ether oxygens (including phenoxy) is 2. The normalized spacial score (nSPS) is 25.1. The molecule has 148 valence electrons. The molecular weight excluding hydrogens is 374 g/mol. The highest BCUT2D eigenvalue weighted by molar-refractivity contribution is 7.89. The number of rotatable bonds is 7. The minimum atomic E-state index is -3.77. The lowest BCUT2D eigenvalue weighted by molar-refractivity contribution is -0.149. The van der Waals surface area contributed by atoms with Crippen molar-refractivity contribution in [2.45, 2.75) is 30.6 Å². The summed E-state index contributed by atoms with van der Waals surface area (Å²) < 4.78 is 37.0. The van der Waals surface area contributed by atoms with Gasteiger partial charge in [-0.05, 0) is 43.0 Å². The number of carboxylic acid groups (broad SMARTS) is 1. The van der Waals surface area contributed by atoms with Crippen molar-refractivity contribution in [1.82, 2.24) is 4.31 Å². The van der Waals surface area contributed by atoms with Crippen LogP contribution >= 0.6 is 0 Å². The third kappa shape index (κ3) is 3.66. The van der Waals surface area contributed by atoms with Gasteiger partial charge in [-0.3, -0.25) is 9.59 Å². The van der Waals surface area contributed by atoms with Crippen molar-refractivity contribution >= 4 is 22.0 Å². The van der Waals surface area contributed by atoms with E-state index in [1.807, 2.05) is 0 Å². The van der Waals surface area contributed by atoms with Gasteiger partial charge in [-0.15, -0.1) is 0 Å². The Morgan fingerprint density at radius 2 is 2.00 bits per heavy atom. The molecule has 27 heavy (non-hydrogen) atoms. The number of aliphatic carboxylic acids is 1. The zero-order chi connectivity index (χ0) is 19.7. The summed E-state index contributed by atoms with van der Waals surface area (Å²) in [5.41, 5.74) is -0.954. The van der Waals surface area contributed by atoms with Crippen LogP contribution in [0.1, 0.15) is 25.7 Å². The van der Waals surface area contributed by atoms with Gasteiger partial charge >= 0.3 is 11.9 Å². The number of carboxylic acids is 1. The molecule has 0 aromatic heterocycles. The smallest absolute Gasteiger partial charge is 0.311 e. The largest absolute Gasteiger partial charge is 0.493 e. The van der Waals surface area contributed by atoms with Gasteiger partial charge in [0.1, 0.15) is 5.75 Å². The SMILES string of the molecule is COC(=O)CCOc1ccc(S(=O)(=O)N2C[C@@H]3CCC[C@@]3(C(=O)O)C2)cc1. The van der Waals surface area contributed by atoms with Crippen LogP contribution in [0.2, 0.25) is 0 Å². The van der Waals surface area contributed by atoms with Crippen LogP contribution in [-0.2, 0) is 24.3 Å². The van der Waals surface area contributed by atoms with Crippen molar-refractivity contribution in [3.8, 4) is 5.75 Å². The lowest BCUT2D eigenvalue weighted by atomic mass is 9.81. The third-order valence-electron chi connectivity index (χ3n) is 5.53. The van der Waals surface area contributed by atoms with E-state index in [0.29, 0.717) is 12.2 Å².